The van der Waals surface area contributed by atoms with Crippen molar-refractivity contribution in [1.82, 2.24) is 0 Å². The van der Waals surface area contributed by atoms with Crippen LogP contribution >= 0.6 is 0 Å². The van der Waals surface area contributed by atoms with Crippen LogP contribution in [-0.4, -0.2) is 5.78 Å². The van der Waals surface area contributed by atoms with Gasteiger partial charge >= 0.3 is 0 Å². The Hall–Kier alpha value is -1.25. The van der Waals surface area contributed by atoms with Crippen molar-refractivity contribution in [1.29, 1.82) is 0 Å². The molecule has 0 unspecified atom stereocenters. The lowest BCUT2D eigenvalue weighted by atomic mass is 10.0. The maximum atomic E-state index is 13.4. The van der Waals surface area contributed by atoms with E-state index in [2.05, 4.69) is 0 Å². The zero-order valence-electron chi connectivity index (χ0n) is 9.22. The standard InChI is InChI=1S/C13H14F2O/c1-8-6-10(12(15)7-11(8)14)13(16)5-4-9-2-3-9/h6-7,9H,2-5H2,1H3. The molecule has 1 aromatic rings. The van der Waals surface area contributed by atoms with Crippen LogP contribution in [-0.2, 0) is 0 Å². The van der Waals surface area contributed by atoms with Gasteiger partial charge in [0.15, 0.2) is 5.78 Å². The smallest absolute Gasteiger partial charge is 0.165 e. The first-order valence-corrected chi connectivity index (χ1v) is 5.57. The number of hydrogen-bond donors (Lipinski definition) is 0. The number of carbonyl (C=O) groups excluding carboxylic acids is 1. The number of carbonyl (C=O) groups is 1. The van der Waals surface area contributed by atoms with E-state index in [-0.39, 0.29) is 11.3 Å². The van der Waals surface area contributed by atoms with Gasteiger partial charge in [-0.05, 0) is 30.9 Å². The Labute approximate surface area is 93.5 Å². The van der Waals surface area contributed by atoms with Crippen molar-refractivity contribution in [3.63, 3.8) is 0 Å². The Bertz CT molecular complexity index is 422. The summed E-state index contributed by atoms with van der Waals surface area (Å²) >= 11 is 0. The molecule has 0 N–H and O–H groups in total. The Morgan fingerprint density at radius 3 is 2.62 bits per heavy atom. The van der Waals surface area contributed by atoms with Crippen molar-refractivity contribution in [3.8, 4) is 0 Å². The zero-order valence-corrected chi connectivity index (χ0v) is 9.22. The second-order valence-electron chi connectivity index (χ2n) is 4.49. The largest absolute Gasteiger partial charge is 0.294 e. The third-order valence-corrected chi connectivity index (χ3v) is 3.03. The summed E-state index contributed by atoms with van der Waals surface area (Å²) in [5, 5.41) is 0. The minimum absolute atomic E-state index is 0.0274. The van der Waals surface area contributed by atoms with Crippen LogP contribution in [0.1, 0.15) is 41.6 Å². The van der Waals surface area contributed by atoms with Crippen LogP contribution in [0.3, 0.4) is 0 Å². The quantitative estimate of drug-likeness (QED) is 0.713. The first kappa shape index (κ1) is 11.2. The van der Waals surface area contributed by atoms with E-state index in [0.29, 0.717) is 17.9 Å². The van der Waals surface area contributed by atoms with Crippen LogP contribution in [0.25, 0.3) is 0 Å². The maximum Gasteiger partial charge on any atom is 0.165 e. The van der Waals surface area contributed by atoms with Gasteiger partial charge in [-0.1, -0.05) is 12.8 Å². The number of hydrogen-bond acceptors (Lipinski definition) is 1. The Kier molecular flexibility index (Phi) is 3.03. The van der Waals surface area contributed by atoms with Gasteiger partial charge < -0.3 is 0 Å². The highest BCUT2D eigenvalue weighted by Crippen LogP contribution is 2.34. The van der Waals surface area contributed by atoms with E-state index in [1.807, 2.05) is 0 Å². The van der Waals surface area contributed by atoms with Gasteiger partial charge in [0.25, 0.3) is 0 Å². The molecular weight excluding hydrogens is 210 g/mol. The van der Waals surface area contributed by atoms with Gasteiger partial charge in [0, 0.05) is 12.5 Å². The van der Waals surface area contributed by atoms with Crippen molar-refractivity contribution >= 4 is 5.78 Å². The molecule has 0 aliphatic heterocycles. The molecule has 0 bridgehead atoms. The minimum atomic E-state index is -0.746. The van der Waals surface area contributed by atoms with Crippen molar-refractivity contribution in [3.05, 3.63) is 34.9 Å². The molecule has 86 valence electrons. The number of rotatable bonds is 4. The Morgan fingerprint density at radius 1 is 1.31 bits per heavy atom. The summed E-state index contributed by atoms with van der Waals surface area (Å²) in [4.78, 5) is 11.7. The predicted octanol–water partition coefficient (Wildman–Crippen LogP) is 3.65. The summed E-state index contributed by atoms with van der Waals surface area (Å²) in [5.74, 6) is -0.916. The molecule has 0 amide bonds. The lowest BCUT2D eigenvalue weighted by Crippen LogP contribution is -2.04. The highest BCUT2D eigenvalue weighted by atomic mass is 19.1. The van der Waals surface area contributed by atoms with E-state index in [4.69, 9.17) is 0 Å². The van der Waals surface area contributed by atoms with E-state index in [1.165, 1.54) is 25.8 Å². The maximum absolute atomic E-state index is 13.4. The lowest BCUT2D eigenvalue weighted by Gasteiger charge is -2.04. The van der Waals surface area contributed by atoms with Crippen LogP contribution in [0.4, 0.5) is 8.78 Å². The molecule has 1 fully saturated rings. The van der Waals surface area contributed by atoms with Gasteiger partial charge in [-0.25, -0.2) is 8.78 Å². The minimum Gasteiger partial charge on any atom is -0.294 e. The molecule has 1 saturated carbocycles. The number of aryl methyl sites for hydroxylation is 1. The molecule has 0 heterocycles. The van der Waals surface area contributed by atoms with Crippen molar-refractivity contribution in [2.75, 3.05) is 0 Å². The number of ketones is 1. The van der Waals surface area contributed by atoms with Crippen LogP contribution < -0.4 is 0 Å². The topological polar surface area (TPSA) is 17.1 Å². The summed E-state index contributed by atoms with van der Waals surface area (Å²) in [7, 11) is 0. The fraction of sp³-hybridized carbons (Fsp3) is 0.462. The third kappa shape index (κ3) is 2.46. The van der Waals surface area contributed by atoms with E-state index >= 15 is 0 Å². The second-order valence-corrected chi connectivity index (χ2v) is 4.49. The third-order valence-electron chi connectivity index (χ3n) is 3.03. The van der Waals surface area contributed by atoms with E-state index < -0.39 is 11.6 Å². The number of Topliss-reactive ketones (excluding diaryl/α,β-unsaturated/α-hetero) is 1. The van der Waals surface area contributed by atoms with Gasteiger partial charge in [0.05, 0.1) is 5.56 Å². The van der Waals surface area contributed by atoms with E-state index in [0.717, 1.165) is 12.5 Å². The molecule has 0 atom stereocenters. The summed E-state index contributed by atoms with van der Waals surface area (Å²) in [6, 6.07) is 2.10. The molecule has 0 saturated heterocycles. The molecule has 1 aliphatic carbocycles. The summed E-state index contributed by atoms with van der Waals surface area (Å²) in [5.41, 5.74) is 0.343. The molecular formula is C13H14F2O. The molecule has 0 aromatic heterocycles. The van der Waals surface area contributed by atoms with Crippen LogP contribution in [0.5, 0.6) is 0 Å². The molecule has 3 heteroatoms. The number of halogens is 2. The van der Waals surface area contributed by atoms with Crippen LogP contribution in [0.2, 0.25) is 0 Å². The normalized spacial score (nSPS) is 15.2. The van der Waals surface area contributed by atoms with Crippen molar-refractivity contribution in [2.24, 2.45) is 5.92 Å². The van der Waals surface area contributed by atoms with Crippen molar-refractivity contribution in [2.45, 2.75) is 32.6 Å². The zero-order chi connectivity index (χ0) is 11.7. The summed E-state index contributed by atoms with van der Waals surface area (Å²) < 4.78 is 26.4. The Balaban J connectivity index is 2.11. The second kappa shape index (κ2) is 4.32. The molecule has 1 aliphatic rings. The molecule has 1 nitrogen and oxygen atoms in total. The summed E-state index contributed by atoms with van der Waals surface area (Å²) in [6.07, 6.45) is 3.55. The average molecular weight is 224 g/mol. The van der Waals surface area contributed by atoms with Crippen LogP contribution in [0, 0.1) is 24.5 Å². The van der Waals surface area contributed by atoms with Crippen molar-refractivity contribution < 1.29 is 13.6 Å². The van der Waals surface area contributed by atoms with Crippen LogP contribution in [0.15, 0.2) is 12.1 Å². The van der Waals surface area contributed by atoms with Gasteiger partial charge in [-0.3, -0.25) is 4.79 Å². The predicted molar refractivity (Wildman–Crippen MR) is 57.4 cm³/mol. The monoisotopic (exact) mass is 224 g/mol. The summed E-state index contributed by atoms with van der Waals surface area (Å²) in [6.45, 7) is 1.53. The van der Waals surface area contributed by atoms with Gasteiger partial charge in [0.2, 0.25) is 0 Å². The van der Waals surface area contributed by atoms with Gasteiger partial charge in [-0.15, -0.1) is 0 Å². The number of benzene rings is 1. The molecule has 0 radical (unpaired) electrons. The molecule has 1 aromatic carbocycles. The van der Waals surface area contributed by atoms with E-state index in [1.54, 1.807) is 0 Å². The molecule has 16 heavy (non-hydrogen) atoms. The fourth-order valence-corrected chi connectivity index (χ4v) is 1.75. The average Bonchev–Trinajstić information content (AvgIpc) is 3.03. The SMILES string of the molecule is Cc1cc(C(=O)CCC2CC2)c(F)cc1F. The van der Waals surface area contributed by atoms with E-state index in [9.17, 15) is 13.6 Å². The highest BCUT2D eigenvalue weighted by Gasteiger charge is 2.23. The first-order valence-electron chi connectivity index (χ1n) is 5.57. The lowest BCUT2D eigenvalue weighted by molar-refractivity contribution is 0.0974. The molecule has 0 spiro atoms. The fourth-order valence-electron chi connectivity index (χ4n) is 1.75. The highest BCUT2D eigenvalue weighted by molar-refractivity contribution is 5.96. The first-order chi connectivity index (χ1) is 7.58. The van der Waals surface area contributed by atoms with Gasteiger partial charge in [-0.2, -0.15) is 0 Å². The van der Waals surface area contributed by atoms with Gasteiger partial charge in [0.1, 0.15) is 11.6 Å². The Morgan fingerprint density at radius 2 is 2.00 bits per heavy atom. The molecule has 2 rings (SSSR count).